The van der Waals surface area contributed by atoms with Gasteiger partial charge in [-0.25, -0.2) is 9.69 Å². The molecule has 0 aromatic heterocycles. The Morgan fingerprint density at radius 1 is 1.06 bits per heavy atom. The first kappa shape index (κ1) is 23.3. The number of allylic oxidation sites excluding steroid dienone is 1. The summed E-state index contributed by atoms with van der Waals surface area (Å²) in [5.41, 5.74) is 4.12. The minimum atomic E-state index is -0.786. The zero-order chi connectivity index (χ0) is 24.6. The van der Waals surface area contributed by atoms with E-state index in [1.807, 2.05) is 25.1 Å². The minimum Gasteiger partial charge on any atom is -0.494 e. The van der Waals surface area contributed by atoms with Crippen LogP contribution in [0.1, 0.15) is 45.7 Å². The van der Waals surface area contributed by atoms with Crippen molar-refractivity contribution in [3.05, 3.63) is 65.2 Å². The SMILES string of the molecule is CCOc1cccc(N2C(=O)NC(=O)/C(=C/c3ccc4c(c3)C(C)=CC(C)(C)N4CC)C2=O)c1. The lowest BCUT2D eigenvalue weighted by atomic mass is 9.88. The van der Waals surface area contributed by atoms with Crippen LogP contribution in [0.3, 0.4) is 0 Å². The molecule has 2 aromatic rings. The molecule has 0 bridgehead atoms. The van der Waals surface area contributed by atoms with E-state index < -0.39 is 17.8 Å². The van der Waals surface area contributed by atoms with Crippen molar-refractivity contribution in [3.8, 4) is 5.75 Å². The molecule has 0 saturated carbocycles. The van der Waals surface area contributed by atoms with Gasteiger partial charge < -0.3 is 9.64 Å². The fraction of sp³-hybridized carbons (Fsp3) is 0.296. The smallest absolute Gasteiger partial charge is 0.335 e. The van der Waals surface area contributed by atoms with Crippen molar-refractivity contribution in [3.63, 3.8) is 0 Å². The van der Waals surface area contributed by atoms with Crippen molar-refractivity contribution >= 4 is 40.9 Å². The first-order valence-electron chi connectivity index (χ1n) is 11.4. The lowest BCUT2D eigenvalue weighted by Crippen LogP contribution is -2.54. The van der Waals surface area contributed by atoms with Crippen LogP contribution in [0.2, 0.25) is 0 Å². The molecule has 1 N–H and O–H groups in total. The van der Waals surface area contributed by atoms with E-state index in [4.69, 9.17) is 4.74 Å². The number of hydrogen-bond acceptors (Lipinski definition) is 5. The molecule has 0 radical (unpaired) electrons. The summed E-state index contributed by atoms with van der Waals surface area (Å²) in [7, 11) is 0. The Labute approximate surface area is 199 Å². The van der Waals surface area contributed by atoms with Crippen LogP contribution < -0.4 is 19.9 Å². The summed E-state index contributed by atoms with van der Waals surface area (Å²) in [4.78, 5) is 41.7. The Bertz CT molecular complexity index is 1240. The van der Waals surface area contributed by atoms with Gasteiger partial charge in [0.2, 0.25) is 0 Å². The second kappa shape index (κ2) is 8.82. The number of carbonyl (C=O) groups excluding carboxylic acids is 3. The Balaban J connectivity index is 1.72. The highest BCUT2D eigenvalue weighted by molar-refractivity contribution is 6.39. The summed E-state index contributed by atoms with van der Waals surface area (Å²) in [6.07, 6.45) is 3.76. The molecule has 2 aromatic carbocycles. The van der Waals surface area contributed by atoms with Crippen molar-refractivity contribution < 1.29 is 19.1 Å². The Morgan fingerprint density at radius 3 is 2.53 bits per heavy atom. The average Bonchev–Trinajstić information content (AvgIpc) is 2.77. The number of carbonyl (C=O) groups is 3. The quantitative estimate of drug-likeness (QED) is 0.515. The molecule has 7 nitrogen and oxygen atoms in total. The number of anilines is 2. The molecule has 1 saturated heterocycles. The Morgan fingerprint density at radius 2 is 1.82 bits per heavy atom. The molecule has 2 aliphatic rings. The summed E-state index contributed by atoms with van der Waals surface area (Å²) in [5.74, 6) is -0.861. The van der Waals surface area contributed by atoms with E-state index in [1.54, 1.807) is 24.3 Å². The number of imide groups is 2. The number of nitrogens with one attached hydrogen (secondary N) is 1. The minimum absolute atomic E-state index is 0.105. The van der Waals surface area contributed by atoms with Gasteiger partial charge in [0.05, 0.1) is 17.8 Å². The number of nitrogens with zero attached hydrogens (tertiary/aromatic N) is 2. The van der Waals surface area contributed by atoms with Crippen LogP contribution in [0.25, 0.3) is 11.6 Å². The molecule has 0 spiro atoms. The molecule has 0 aliphatic carbocycles. The van der Waals surface area contributed by atoms with E-state index in [1.165, 1.54) is 6.08 Å². The molecule has 2 heterocycles. The molecule has 2 aliphatic heterocycles. The van der Waals surface area contributed by atoms with Gasteiger partial charge in [0.1, 0.15) is 11.3 Å². The summed E-state index contributed by atoms with van der Waals surface area (Å²) in [6, 6.07) is 11.8. The van der Waals surface area contributed by atoms with Crippen molar-refractivity contribution in [2.45, 2.75) is 40.2 Å². The number of amides is 4. The molecular weight excluding hydrogens is 430 g/mol. The van der Waals surface area contributed by atoms with E-state index in [0.29, 0.717) is 23.6 Å². The fourth-order valence-electron chi connectivity index (χ4n) is 4.71. The highest BCUT2D eigenvalue weighted by atomic mass is 16.5. The first-order chi connectivity index (χ1) is 16.2. The number of ether oxygens (including phenoxy) is 1. The van der Waals surface area contributed by atoms with Gasteiger partial charge in [-0.3, -0.25) is 14.9 Å². The van der Waals surface area contributed by atoms with E-state index in [-0.39, 0.29) is 11.1 Å². The zero-order valence-electron chi connectivity index (χ0n) is 20.1. The summed E-state index contributed by atoms with van der Waals surface area (Å²) in [5, 5.41) is 2.28. The van der Waals surface area contributed by atoms with Crippen LogP contribution in [-0.4, -0.2) is 36.5 Å². The van der Waals surface area contributed by atoms with E-state index >= 15 is 0 Å². The van der Waals surface area contributed by atoms with Crippen LogP contribution in [0.4, 0.5) is 16.2 Å². The van der Waals surface area contributed by atoms with Gasteiger partial charge in [-0.15, -0.1) is 0 Å². The largest absolute Gasteiger partial charge is 0.494 e. The summed E-state index contributed by atoms with van der Waals surface area (Å²) < 4.78 is 5.49. The molecular formula is C27H29N3O4. The predicted octanol–water partition coefficient (Wildman–Crippen LogP) is 4.77. The van der Waals surface area contributed by atoms with Crippen LogP contribution >= 0.6 is 0 Å². The maximum Gasteiger partial charge on any atom is 0.335 e. The second-order valence-corrected chi connectivity index (χ2v) is 8.89. The van der Waals surface area contributed by atoms with Gasteiger partial charge in [0.15, 0.2) is 0 Å². The van der Waals surface area contributed by atoms with Crippen molar-refractivity contribution in [1.29, 1.82) is 0 Å². The maximum atomic E-state index is 13.3. The highest BCUT2D eigenvalue weighted by Crippen LogP contribution is 2.39. The van der Waals surface area contributed by atoms with Crippen LogP contribution in [-0.2, 0) is 9.59 Å². The van der Waals surface area contributed by atoms with Gasteiger partial charge in [0.25, 0.3) is 11.8 Å². The van der Waals surface area contributed by atoms with Crippen molar-refractivity contribution in [1.82, 2.24) is 5.32 Å². The number of urea groups is 1. The zero-order valence-corrected chi connectivity index (χ0v) is 20.1. The van der Waals surface area contributed by atoms with E-state index in [2.05, 4.69) is 44.0 Å². The topological polar surface area (TPSA) is 79.0 Å². The molecule has 7 heteroatoms. The normalized spacial score (nSPS) is 18.6. The third-order valence-corrected chi connectivity index (χ3v) is 6.12. The second-order valence-electron chi connectivity index (χ2n) is 8.89. The number of likely N-dealkylation sites (N-methyl/N-ethyl adjacent to an activating group) is 1. The number of rotatable bonds is 5. The third kappa shape index (κ3) is 4.09. The fourth-order valence-corrected chi connectivity index (χ4v) is 4.71. The van der Waals surface area contributed by atoms with Crippen LogP contribution in [0.5, 0.6) is 5.75 Å². The monoisotopic (exact) mass is 459 g/mol. The predicted molar refractivity (Wildman–Crippen MR) is 134 cm³/mol. The highest BCUT2D eigenvalue weighted by Gasteiger charge is 2.37. The van der Waals surface area contributed by atoms with Gasteiger partial charge in [-0.2, -0.15) is 0 Å². The van der Waals surface area contributed by atoms with Gasteiger partial charge in [-0.05, 0) is 76.1 Å². The third-order valence-electron chi connectivity index (χ3n) is 6.12. The van der Waals surface area contributed by atoms with Crippen molar-refractivity contribution in [2.75, 3.05) is 23.0 Å². The Kier molecular flexibility index (Phi) is 6.04. The van der Waals surface area contributed by atoms with Gasteiger partial charge in [-0.1, -0.05) is 18.2 Å². The van der Waals surface area contributed by atoms with Crippen LogP contribution in [0.15, 0.2) is 54.1 Å². The summed E-state index contributed by atoms with van der Waals surface area (Å²) >= 11 is 0. The number of barbiturate groups is 1. The lowest BCUT2D eigenvalue weighted by Gasteiger charge is -2.42. The molecule has 4 amide bonds. The first-order valence-corrected chi connectivity index (χ1v) is 11.4. The molecule has 4 rings (SSSR count). The molecule has 176 valence electrons. The van der Waals surface area contributed by atoms with E-state index in [0.717, 1.165) is 28.3 Å². The molecule has 34 heavy (non-hydrogen) atoms. The van der Waals surface area contributed by atoms with Gasteiger partial charge >= 0.3 is 6.03 Å². The van der Waals surface area contributed by atoms with E-state index in [9.17, 15) is 14.4 Å². The summed E-state index contributed by atoms with van der Waals surface area (Å²) in [6.45, 7) is 11.7. The maximum absolute atomic E-state index is 13.3. The molecule has 0 unspecified atom stereocenters. The average molecular weight is 460 g/mol. The van der Waals surface area contributed by atoms with Crippen molar-refractivity contribution in [2.24, 2.45) is 0 Å². The molecule has 1 fully saturated rings. The van der Waals surface area contributed by atoms with Crippen LogP contribution in [0, 0.1) is 0 Å². The standard InChI is InChI=1S/C27H29N3O4/c1-6-29-23-12-11-18(13-21(23)17(3)16-27(29,4)5)14-22-24(31)28-26(33)30(25(22)32)19-9-8-10-20(15-19)34-7-2/h8-16H,6-7H2,1-5H3,(H,28,31,33)/b22-14-. The lowest BCUT2D eigenvalue weighted by molar-refractivity contribution is -0.122. The Hall–Kier alpha value is -3.87. The number of benzene rings is 2. The number of fused-ring (bicyclic) bond motifs is 1. The van der Waals surface area contributed by atoms with Gasteiger partial charge in [0, 0.05) is 23.9 Å². The molecule has 0 atom stereocenters. The number of hydrogen-bond donors (Lipinski definition) is 1.